The van der Waals surface area contributed by atoms with Crippen molar-refractivity contribution in [3.8, 4) is 11.5 Å². The standard InChI is InChI=1S/C23H19N5O2S/c1-2-16-10-12-19(13-11-16)25-27-22(20(29)17-7-4-3-5-8-17)31-23-28-26-21(30-23)18-9-6-14-24-15-18/h3-15,25H,2H2,1H3/b27-22+. The lowest BCUT2D eigenvalue weighted by molar-refractivity contribution is 0.106. The number of hydrogen-bond acceptors (Lipinski definition) is 8. The monoisotopic (exact) mass is 429 g/mol. The Hall–Kier alpha value is -3.78. The molecule has 0 atom stereocenters. The fraction of sp³-hybridized carbons (Fsp3) is 0.0870. The molecule has 7 nitrogen and oxygen atoms in total. The fourth-order valence-electron chi connectivity index (χ4n) is 2.70. The van der Waals surface area contributed by atoms with Crippen LogP contribution in [-0.2, 0) is 6.42 Å². The van der Waals surface area contributed by atoms with Gasteiger partial charge in [-0.25, -0.2) is 0 Å². The second-order valence-corrected chi connectivity index (χ2v) is 7.43. The SMILES string of the molecule is CCc1ccc(N/N=C(/Sc2nnc(-c3cccnc3)o2)C(=O)c2ccccc2)cc1. The Labute approximate surface area is 183 Å². The van der Waals surface area contributed by atoms with Crippen LogP contribution in [0.5, 0.6) is 0 Å². The largest absolute Gasteiger partial charge is 0.411 e. The maximum absolute atomic E-state index is 13.1. The minimum Gasteiger partial charge on any atom is -0.411 e. The zero-order chi connectivity index (χ0) is 21.5. The summed E-state index contributed by atoms with van der Waals surface area (Å²) in [6.07, 6.45) is 4.25. The first kappa shape index (κ1) is 20.5. The smallest absolute Gasteiger partial charge is 0.283 e. The van der Waals surface area contributed by atoms with Gasteiger partial charge in [0.25, 0.3) is 5.22 Å². The van der Waals surface area contributed by atoms with E-state index in [1.165, 1.54) is 5.56 Å². The quantitative estimate of drug-likeness (QED) is 0.144. The first-order valence-electron chi connectivity index (χ1n) is 9.67. The summed E-state index contributed by atoms with van der Waals surface area (Å²) in [5, 5.41) is 12.8. The molecule has 1 N–H and O–H groups in total. The van der Waals surface area contributed by atoms with Crippen molar-refractivity contribution in [2.75, 3.05) is 5.43 Å². The second kappa shape index (κ2) is 9.82. The van der Waals surface area contributed by atoms with Crippen LogP contribution in [0.4, 0.5) is 5.69 Å². The number of hydrazone groups is 1. The zero-order valence-corrected chi connectivity index (χ0v) is 17.5. The third-order valence-corrected chi connectivity index (χ3v) is 5.19. The number of Topliss-reactive ketones (excluding diaryl/α,β-unsaturated/α-hetero) is 1. The van der Waals surface area contributed by atoms with Gasteiger partial charge in [0.1, 0.15) is 0 Å². The van der Waals surface area contributed by atoms with Crippen molar-refractivity contribution in [3.63, 3.8) is 0 Å². The highest BCUT2D eigenvalue weighted by Crippen LogP contribution is 2.25. The Kier molecular flexibility index (Phi) is 6.49. The minimum absolute atomic E-state index is 0.187. The lowest BCUT2D eigenvalue weighted by atomic mass is 10.1. The Balaban J connectivity index is 1.59. The van der Waals surface area contributed by atoms with Gasteiger partial charge in [-0.1, -0.05) is 49.4 Å². The Morgan fingerprint density at radius 1 is 1.03 bits per heavy atom. The Morgan fingerprint density at radius 2 is 1.84 bits per heavy atom. The lowest BCUT2D eigenvalue weighted by Gasteiger charge is -2.06. The van der Waals surface area contributed by atoms with Crippen molar-refractivity contribution in [3.05, 3.63) is 90.3 Å². The number of thioether (sulfide) groups is 1. The molecule has 0 saturated carbocycles. The molecule has 0 bridgehead atoms. The van der Waals surface area contributed by atoms with Crippen molar-refractivity contribution in [1.82, 2.24) is 15.2 Å². The first-order chi connectivity index (χ1) is 15.2. The molecule has 0 spiro atoms. The predicted octanol–water partition coefficient (Wildman–Crippen LogP) is 5.09. The van der Waals surface area contributed by atoms with Crippen LogP contribution < -0.4 is 5.43 Å². The van der Waals surface area contributed by atoms with Crippen LogP contribution in [0.2, 0.25) is 0 Å². The van der Waals surface area contributed by atoms with Crippen LogP contribution in [0.3, 0.4) is 0 Å². The molecule has 0 fully saturated rings. The summed E-state index contributed by atoms with van der Waals surface area (Å²) >= 11 is 1.01. The first-order valence-corrected chi connectivity index (χ1v) is 10.5. The van der Waals surface area contributed by atoms with Crippen LogP contribution >= 0.6 is 11.8 Å². The highest BCUT2D eigenvalue weighted by Gasteiger charge is 2.20. The minimum atomic E-state index is -0.246. The van der Waals surface area contributed by atoms with E-state index in [1.807, 2.05) is 36.4 Å². The molecule has 0 unspecified atom stereocenters. The number of aromatic nitrogens is 3. The van der Waals surface area contributed by atoms with Crippen molar-refractivity contribution in [2.24, 2.45) is 5.10 Å². The van der Waals surface area contributed by atoms with E-state index in [0.717, 1.165) is 23.9 Å². The molecular formula is C23H19N5O2S. The second-order valence-electron chi connectivity index (χ2n) is 6.49. The molecule has 31 heavy (non-hydrogen) atoms. The number of carbonyl (C=O) groups is 1. The maximum Gasteiger partial charge on any atom is 0.283 e. The van der Waals surface area contributed by atoms with Gasteiger partial charge in [0.15, 0.2) is 5.04 Å². The van der Waals surface area contributed by atoms with Gasteiger partial charge in [0.2, 0.25) is 11.7 Å². The third kappa shape index (κ3) is 5.23. The van der Waals surface area contributed by atoms with Crippen LogP contribution in [-0.4, -0.2) is 26.0 Å². The van der Waals surface area contributed by atoms with E-state index in [9.17, 15) is 4.79 Å². The number of pyridine rings is 1. The topological polar surface area (TPSA) is 93.3 Å². The van der Waals surface area contributed by atoms with Gasteiger partial charge >= 0.3 is 0 Å². The number of anilines is 1. The van der Waals surface area contributed by atoms with Crippen molar-refractivity contribution in [1.29, 1.82) is 0 Å². The summed E-state index contributed by atoms with van der Waals surface area (Å²) in [7, 11) is 0. The predicted molar refractivity (Wildman–Crippen MR) is 121 cm³/mol. The van der Waals surface area contributed by atoms with Crippen molar-refractivity contribution >= 4 is 28.3 Å². The van der Waals surface area contributed by atoms with Crippen LogP contribution in [0.1, 0.15) is 22.8 Å². The number of nitrogens with zero attached hydrogens (tertiary/aromatic N) is 4. The highest BCUT2D eigenvalue weighted by molar-refractivity contribution is 8.15. The summed E-state index contributed by atoms with van der Waals surface area (Å²) in [6, 6.07) is 20.4. The summed E-state index contributed by atoms with van der Waals surface area (Å²) in [5.74, 6) is 0.0784. The molecule has 0 aliphatic rings. The van der Waals surface area contributed by atoms with Gasteiger partial charge in [-0.15, -0.1) is 10.2 Å². The van der Waals surface area contributed by atoms with E-state index in [0.29, 0.717) is 17.0 Å². The summed E-state index contributed by atoms with van der Waals surface area (Å²) in [5.41, 5.74) is 6.16. The van der Waals surface area contributed by atoms with Gasteiger partial charge in [-0.05, 0) is 48.0 Å². The number of nitrogens with one attached hydrogen (secondary N) is 1. The zero-order valence-electron chi connectivity index (χ0n) is 16.7. The number of rotatable bonds is 7. The van der Waals surface area contributed by atoms with Crippen LogP contribution in [0.15, 0.2) is 93.9 Å². The molecule has 0 aliphatic carbocycles. The molecule has 0 saturated heterocycles. The molecule has 2 aromatic carbocycles. The molecule has 4 aromatic rings. The van der Waals surface area contributed by atoms with E-state index in [2.05, 4.69) is 32.6 Å². The molecule has 8 heteroatoms. The average molecular weight is 430 g/mol. The molecule has 2 heterocycles. The molecule has 2 aromatic heterocycles. The van der Waals surface area contributed by atoms with Crippen LogP contribution in [0, 0.1) is 0 Å². The van der Waals surface area contributed by atoms with Crippen molar-refractivity contribution in [2.45, 2.75) is 18.6 Å². The van der Waals surface area contributed by atoms with Gasteiger partial charge in [0.05, 0.1) is 11.3 Å². The Bertz CT molecular complexity index is 1180. The Morgan fingerprint density at radius 3 is 2.55 bits per heavy atom. The normalized spacial score (nSPS) is 11.3. The van der Waals surface area contributed by atoms with E-state index < -0.39 is 0 Å². The van der Waals surface area contributed by atoms with Gasteiger partial charge in [-0.3, -0.25) is 15.2 Å². The van der Waals surface area contributed by atoms with Gasteiger partial charge in [-0.2, -0.15) is 5.10 Å². The summed E-state index contributed by atoms with van der Waals surface area (Å²) in [6.45, 7) is 2.10. The summed E-state index contributed by atoms with van der Waals surface area (Å²) < 4.78 is 5.71. The number of ketones is 1. The molecule has 4 rings (SSSR count). The van der Waals surface area contributed by atoms with Crippen molar-refractivity contribution < 1.29 is 9.21 Å². The van der Waals surface area contributed by atoms with E-state index in [1.54, 1.807) is 42.7 Å². The molecule has 154 valence electrons. The van der Waals surface area contributed by atoms with Gasteiger partial charge < -0.3 is 4.42 Å². The van der Waals surface area contributed by atoms with Crippen LogP contribution in [0.25, 0.3) is 11.5 Å². The number of hydrogen-bond donors (Lipinski definition) is 1. The summed E-state index contributed by atoms with van der Waals surface area (Å²) in [4.78, 5) is 17.1. The average Bonchev–Trinajstić information content (AvgIpc) is 3.31. The number of benzene rings is 2. The number of carbonyl (C=O) groups excluding carboxylic acids is 1. The molecule has 0 radical (unpaired) electrons. The maximum atomic E-state index is 13.1. The third-order valence-electron chi connectivity index (χ3n) is 4.38. The molecular weight excluding hydrogens is 410 g/mol. The molecule has 0 aliphatic heterocycles. The lowest BCUT2D eigenvalue weighted by Crippen LogP contribution is -2.13. The highest BCUT2D eigenvalue weighted by atomic mass is 32.2. The van der Waals surface area contributed by atoms with E-state index in [4.69, 9.17) is 4.42 Å². The molecule has 0 amide bonds. The number of aryl methyl sites for hydroxylation is 1. The van der Waals surface area contributed by atoms with E-state index in [-0.39, 0.29) is 16.0 Å². The fourth-order valence-corrected chi connectivity index (χ4v) is 3.37. The van der Waals surface area contributed by atoms with E-state index >= 15 is 0 Å². The van der Waals surface area contributed by atoms with Gasteiger partial charge in [0, 0.05) is 18.0 Å².